The largest absolute Gasteiger partial charge is 0.374 e. The molecular weight excluding hydrogens is 555 g/mol. The van der Waals surface area contributed by atoms with Crippen molar-refractivity contribution in [1.29, 1.82) is 0 Å². The number of ether oxygens (including phenoxy) is 3. The second-order valence-corrected chi connectivity index (χ2v) is 12.4. The highest BCUT2D eigenvalue weighted by atomic mass is 32.1. The minimum Gasteiger partial charge on any atom is -0.374 e. The van der Waals surface area contributed by atoms with Crippen LogP contribution >= 0.6 is 11.3 Å². The molecule has 220 valence electrons. The average Bonchev–Trinajstić information content (AvgIpc) is 3.51. The molecule has 3 nitrogen and oxygen atoms in total. The minimum atomic E-state index is -0.212. The van der Waals surface area contributed by atoms with Gasteiger partial charge in [-0.3, -0.25) is 0 Å². The van der Waals surface area contributed by atoms with Crippen molar-refractivity contribution in [1.82, 2.24) is 0 Å². The lowest BCUT2D eigenvalue weighted by molar-refractivity contribution is -0.142. The van der Waals surface area contributed by atoms with Gasteiger partial charge in [-0.05, 0) is 64.6 Å². The molecule has 0 aliphatic carbocycles. The molecule has 1 aliphatic rings. The molecule has 0 amide bonds. The van der Waals surface area contributed by atoms with Crippen LogP contribution in [0.25, 0.3) is 10.4 Å². The van der Waals surface area contributed by atoms with E-state index in [0.29, 0.717) is 19.8 Å². The lowest BCUT2D eigenvalue weighted by Crippen LogP contribution is -2.35. The Kier molecular flexibility index (Phi) is 9.76. The fourth-order valence-electron chi connectivity index (χ4n) is 5.61. The smallest absolute Gasteiger partial charge is 0.123 e. The fraction of sp³-hybridized carbons (Fsp3) is 0.263. The molecule has 0 radical (unpaired) electrons. The molecule has 0 saturated carbocycles. The van der Waals surface area contributed by atoms with Crippen molar-refractivity contribution in [3.05, 3.63) is 154 Å². The SMILES string of the molecule is Cc1ccc(C2CC(OCc3ccccc3)CC(COCc3ccccc3)O2)cc1Cc1ccc(-c2ccc(F)cc2)s1. The van der Waals surface area contributed by atoms with Gasteiger partial charge >= 0.3 is 0 Å². The second-order valence-electron chi connectivity index (χ2n) is 11.3. The summed E-state index contributed by atoms with van der Waals surface area (Å²) in [6, 6.07) is 38.3. The van der Waals surface area contributed by atoms with Gasteiger partial charge in [-0.15, -0.1) is 11.3 Å². The molecule has 5 aromatic rings. The second kappa shape index (κ2) is 14.2. The molecular formula is C38H37FO3S. The van der Waals surface area contributed by atoms with E-state index in [-0.39, 0.29) is 24.1 Å². The van der Waals surface area contributed by atoms with E-state index in [0.717, 1.165) is 35.3 Å². The van der Waals surface area contributed by atoms with E-state index in [1.807, 2.05) is 36.4 Å². The first-order chi connectivity index (χ1) is 21.1. The molecule has 0 bridgehead atoms. The van der Waals surface area contributed by atoms with Gasteiger partial charge in [0.1, 0.15) is 5.82 Å². The van der Waals surface area contributed by atoms with Crippen LogP contribution in [0.5, 0.6) is 0 Å². The first-order valence-corrected chi connectivity index (χ1v) is 15.8. The monoisotopic (exact) mass is 592 g/mol. The minimum absolute atomic E-state index is 0.0523. The molecule has 3 atom stereocenters. The third-order valence-electron chi connectivity index (χ3n) is 8.00. The molecule has 3 unspecified atom stereocenters. The van der Waals surface area contributed by atoms with Gasteiger partial charge in [-0.1, -0.05) is 91.0 Å². The van der Waals surface area contributed by atoms with Gasteiger partial charge in [0.25, 0.3) is 0 Å². The van der Waals surface area contributed by atoms with E-state index >= 15 is 0 Å². The van der Waals surface area contributed by atoms with Crippen molar-refractivity contribution in [2.45, 2.75) is 57.7 Å². The number of hydrogen-bond acceptors (Lipinski definition) is 4. The predicted molar refractivity (Wildman–Crippen MR) is 172 cm³/mol. The zero-order chi connectivity index (χ0) is 29.4. The van der Waals surface area contributed by atoms with E-state index in [9.17, 15) is 4.39 Å². The van der Waals surface area contributed by atoms with Crippen molar-refractivity contribution in [3.8, 4) is 10.4 Å². The van der Waals surface area contributed by atoms with Gasteiger partial charge in [0.15, 0.2) is 0 Å². The summed E-state index contributed by atoms with van der Waals surface area (Å²) in [4.78, 5) is 2.43. The Hall–Kier alpha value is -3.61. The molecule has 43 heavy (non-hydrogen) atoms. The molecule has 0 spiro atoms. The number of rotatable bonds is 11. The summed E-state index contributed by atoms with van der Waals surface area (Å²) in [5.41, 5.74) is 7.11. The van der Waals surface area contributed by atoms with Crippen LogP contribution in [-0.4, -0.2) is 18.8 Å². The Morgan fingerprint density at radius 2 is 1.51 bits per heavy atom. The van der Waals surface area contributed by atoms with Gasteiger partial charge in [0.2, 0.25) is 0 Å². The summed E-state index contributed by atoms with van der Waals surface area (Å²) in [5, 5.41) is 0. The summed E-state index contributed by atoms with van der Waals surface area (Å²) >= 11 is 1.76. The Morgan fingerprint density at radius 1 is 0.791 bits per heavy atom. The third-order valence-corrected chi connectivity index (χ3v) is 9.14. The van der Waals surface area contributed by atoms with Crippen molar-refractivity contribution >= 4 is 11.3 Å². The summed E-state index contributed by atoms with van der Waals surface area (Å²) in [6.45, 7) is 3.85. The van der Waals surface area contributed by atoms with Crippen LogP contribution in [-0.2, 0) is 33.8 Å². The zero-order valence-corrected chi connectivity index (χ0v) is 25.3. The Labute approximate surface area is 257 Å². The van der Waals surface area contributed by atoms with Crippen LogP contribution in [0, 0.1) is 12.7 Å². The maximum Gasteiger partial charge on any atom is 0.123 e. The molecule has 1 fully saturated rings. The van der Waals surface area contributed by atoms with E-state index < -0.39 is 0 Å². The maximum absolute atomic E-state index is 13.4. The van der Waals surface area contributed by atoms with Crippen molar-refractivity contribution in [2.75, 3.05) is 6.61 Å². The molecule has 0 N–H and O–H groups in total. The van der Waals surface area contributed by atoms with E-state index in [4.69, 9.17) is 14.2 Å². The summed E-state index contributed by atoms with van der Waals surface area (Å²) in [6.07, 6.45) is 2.40. The molecule has 1 aromatic heterocycles. The van der Waals surface area contributed by atoms with E-state index in [1.165, 1.54) is 39.3 Å². The standard InChI is InChI=1S/C38H37FO3S/c1-27-12-13-31(20-32(27)21-36-18-19-38(43-36)30-14-16-33(39)17-15-30)37-23-34(41-25-29-10-6-3-7-11-29)22-35(42-37)26-40-24-28-8-4-2-5-9-28/h2-20,34-35,37H,21-26H2,1H3. The van der Waals surface area contributed by atoms with Crippen LogP contribution in [0.3, 0.4) is 0 Å². The fourth-order valence-corrected chi connectivity index (χ4v) is 6.65. The molecule has 2 heterocycles. The van der Waals surface area contributed by atoms with Crippen LogP contribution in [0.1, 0.15) is 51.6 Å². The van der Waals surface area contributed by atoms with E-state index in [2.05, 4.69) is 73.7 Å². The first-order valence-electron chi connectivity index (χ1n) is 15.0. The van der Waals surface area contributed by atoms with Crippen LogP contribution < -0.4 is 0 Å². The van der Waals surface area contributed by atoms with Gasteiger partial charge in [0.05, 0.1) is 38.1 Å². The van der Waals surface area contributed by atoms with Crippen LogP contribution in [0.4, 0.5) is 4.39 Å². The molecule has 1 saturated heterocycles. The molecule has 4 aromatic carbocycles. The number of thiophene rings is 1. The average molecular weight is 593 g/mol. The molecule has 6 rings (SSSR count). The zero-order valence-electron chi connectivity index (χ0n) is 24.5. The summed E-state index contributed by atoms with van der Waals surface area (Å²) in [7, 11) is 0. The van der Waals surface area contributed by atoms with Gasteiger partial charge in [-0.2, -0.15) is 0 Å². The number of halogens is 1. The first kappa shape index (κ1) is 29.5. The van der Waals surface area contributed by atoms with E-state index in [1.54, 1.807) is 11.3 Å². The highest BCUT2D eigenvalue weighted by Gasteiger charge is 2.31. The highest BCUT2D eigenvalue weighted by molar-refractivity contribution is 7.15. The van der Waals surface area contributed by atoms with Crippen molar-refractivity contribution in [3.63, 3.8) is 0 Å². The molecule has 5 heteroatoms. The van der Waals surface area contributed by atoms with Crippen LogP contribution in [0.2, 0.25) is 0 Å². The maximum atomic E-state index is 13.4. The Balaban J connectivity index is 1.16. The third kappa shape index (κ3) is 8.07. The van der Waals surface area contributed by atoms with Gasteiger partial charge < -0.3 is 14.2 Å². The Bertz CT molecular complexity index is 1580. The normalized spacial score (nSPS) is 18.5. The predicted octanol–water partition coefficient (Wildman–Crippen LogP) is 9.48. The Morgan fingerprint density at radius 3 is 2.26 bits per heavy atom. The number of aryl methyl sites for hydroxylation is 1. The van der Waals surface area contributed by atoms with Gasteiger partial charge in [0, 0.05) is 29.0 Å². The van der Waals surface area contributed by atoms with Crippen LogP contribution in [0.15, 0.2) is 115 Å². The van der Waals surface area contributed by atoms with Crippen molar-refractivity contribution in [2.24, 2.45) is 0 Å². The van der Waals surface area contributed by atoms with Crippen molar-refractivity contribution < 1.29 is 18.6 Å². The summed E-state index contributed by atoms with van der Waals surface area (Å²) < 4.78 is 32.7. The quantitative estimate of drug-likeness (QED) is 0.153. The highest BCUT2D eigenvalue weighted by Crippen LogP contribution is 2.36. The lowest BCUT2D eigenvalue weighted by Gasteiger charge is -2.36. The summed E-state index contributed by atoms with van der Waals surface area (Å²) in [5.74, 6) is -0.212. The lowest BCUT2D eigenvalue weighted by atomic mass is 9.93. The number of benzene rings is 4. The van der Waals surface area contributed by atoms with Gasteiger partial charge in [-0.25, -0.2) is 4.39 Å². The molecule has 1 aliphatic heterocycles. The topological polar surface area (TPSA) is 27.7 Å². The number of hydrogen-bond donors (Lipinski definition) is 0.